The van der Waals surface area contributed by atoms with E-state index in [-0.39, 0.29) is 17.9 Å². The first-order valence-electron chi connectivity index (χ1n) is 14.2. The van der Waals surface area contributed by atoms with Crippen LogP contribution in [0.2, 0.25) is 0 Å². The first kappa shape index (κ1) is 25.3. The number of ether oxygens (including phenoxy) is 1. The van der Waals surface area contributed by atoms with Crippen LogP contribution >= 0.6 is 0 Å². The molecule has 0 radical (unpaired) electrons. The maximum atomic E-state index is 14.2. The maximum Gasteiger partial charge on any atom is 0.246 e. The van der Waals surface area contributed by atoms with E-state index >= 15 is 0 Å². The maximum absolute atomic E-state index is 14.2. The SMILES string of the molecule is CC1C(=O)N2CC3CN=CN3Cc3ccc4cccc(c4c3)Oc3cccc(c3)CC2C(=O)N1Cc1ccccc1. The molecule has 0 spiro atoms. The van der Waals surface area contributed by atoms with Crippen LogP contribution in [0.4, 0.5) is 0 Å². The van der Waals surface area contributed by atoms with Crippen molar-refractivity contribution in [3.63, 3.8) is 0 Å². The number of rotatable bonds is 2. The van der Waals surface area contributed by atoms with Crippen LogP contribution in [-0.2, 0) is 29.1 Å². The molecule has 3 heterocycles. The van der Waals surface area contributed by atoms with Crippen molar-refractivity contribution in [2.75, 3.05) is 13.1 Å². The Balaban J connectivity index is 1.30. The van der Waals surface area contributed by atoms with Crippen molar-refractivity contribution in [3.8, 4) is 11.5 Å². The number of hydrogen-bond donors (Lipinski definition) is 0. The Bertz CT molecular complexity index is 1650. The molecule has 7 nitrogen and oxygen atoms in total. The van der Waals surface area contributed by atoms with Gasteiger partial charge < -0.3 is 19.4 Å². The molecule has 3 atom stereocenters. The third-order valence-electron chi connectivity index (χ3n) is 8.50. The summed E-state index contributed by atoms with van der Waals surface area (Å²) in [5, 5.41) is 2.16. The number of amides is 2. The molecule has 4 aromatic rings. The fourth-order valence-electron chi connectivity index (χ4n) is 6.26. The Kier molecular flexibility index (Phi) is 6.42. The largest absolute Gasteiger partial charge is 0.457 e. The van der Waals surface area contributed by atoms with E-state index in [2.05, 4.69) is 34.2 Å². The van der Waals surface area contributed by atoms with Crippen LogP contribution in [0.25, 0.3) is 10.8 Å². The van der Waals surface area contributed by atoms with Crippen LogP contribution in [0.15, 0.2) is 96.0 Å². The van der Waals surface area contributed by atoms with Gasteiger partial charge in [0.25, 0.3) is 0 Å². The minimum atomic E-state index is -0.616. The minimum Gasteiger partial charge on any atom is -0.457 e. The van der Waals surface area contributed by atoms with E-state index in [1.807, 2.05) is 84.9 Å². The average Bonchev–Trinajstić information content (AvgIpc) is 3.43. The van der Waals surface area contributed by atoms with Crippen LogP contribution in [0.5, 0.6) is 11.5 Å². The molecule has 4 aromatic carbocycles. The molecule has 41 heavy (non-hydrogen) atoms. The predicted octanol–water partition coefficient (Wildman–Crippen LogP) is 5.03. The van der Waals surface area contributed by atoms with Gasteiger partial charge in [-0.1, -0.05) is 66.7 Å². The summed E-state index contributed by atoms with van der Waals surface area (Å²) in [7, 11) is 0. The number of hydrogen-bond acceptors (Lipinski definition) is 5. The summed E-state index contributed by atoms with van der Waals surface area (Å²) in [6, 6.07) is 29.1. The smallest absolute Gasteiger partial charge is 0.246 e. The zero-order valence-electron chi connectivity index (χ0n) is 23.0. The highest BCUT2D eigenvalue weighted by molar-refractivity contribution is 5.97. The van der Waals surface area contributed by atoms with Gasteiger partial charge in [0.2, 0.25) is 11.8 Å². The molecule has 7 rings (SSSR count). The van der Waals surface area contributed by atoms with Gasteiger partial charge in [-0.15, -0.1) is 0 Å². The molecule has 206 valence electrons. The van der Waals surface area contributed by atoms with Gasteiger partial charge in [0.05, 0.1) is 18.9 Å². The number of aliphatic imine (C=N–C) groups is 1. The fourth-order valence-corrected chi connectivity index (χ4v) is 6.26. The van der Waals surface area contributed by atoms with Crippen LogP contribution in [0, 0.1) is 0 Å². The lowest BCUT2D eigenvalue weighted by Crippen LogP contribution is -2.65. The summed E-state index contributed by atoms with van der Waals surface area (Å²) in [6.45, 7) is 3.93. The lowest BCUT2D eigenvalue weighted by Gasteiger charge is -2.45. The minimum absolute atomic E-state index is 0.0132. The Morgan fingerprint density at radius 1 is 0.878 bits per heavy atom. The Morgan fingerprint density at radius 3 is 2.61 bits per heavy atom. The second-order valence-corrected chi connectivity index (χ2v) is 11.2. The van der Waals surface area contributed by atoms with E-state index in [1.165, 1.54) is 0 Å². The van der Waals surface area contributed by atoms with Crippen molar-refractivity contribution >= 4 is 28.9 Å². The van der Waals surface area contributed by atoms with Crippen LogP contribution in [0.3, 0.4) is 0 Å². The third-order valence-corrected chi connectivity index (χ3v) is 8.50. The molecule has 0 aromatic heterocycles. The first-order valence-corrected chi connectivity index (χ1v) is 14.2. The summed E-state index contributed by atoms with van der Waals surface area (Å²) in [5.74, 6) is 1.44. The predicted molar refractivity (Wildman–Crippen MR) is 159 cm³/mol. The highest BCUT2D eigenvalue weighted by Gasteiger charge is 2.45. The fraction of sp³-hybridized carbons (Fsp3) is 0.265. The van der Waals surface area contributed by atoms with E-state index in [4.69, 9.17) is 4.74 Å². The standard InChI is InChI=1S/C34H32N4O3/c1-23-33(39)38-21-28-18-35-22-36(28)19-26-13-14-27-10-6-12-32(30(27)16-26)41-29-11-5-9-25(15-29)17-31(38)34(40)37(23)20-24-7-3-2-4-8-24/h2-16,22-23,28,31H,17-21H2,1H3. The third kappa shape index (κ3) is 4.82. The van der Waals surface area contributed by atoms with Crippen molar-refractivity contribution < 1.29 is 14.3 Å². The molecule has 0 saturated carbocycles. The van der Waals surface area contributed by atoms with Gasteiger partial charge in [0.1, 0.15) is 23.6 Å². The molecule has 3 aliphatic heterocycles. The zero-order chi connectivity index (χ0) is 27.9. The van der Waals surface area contributed by atoms with E-state index in [1.54, 1.807) is 4.90 Å². The molecule has 3 unspecified atom stereocenters. The van der Waals surface area contributed by atoms with Gasteiger partial charge in [-0.3, -0.25) is 14.6 Å². The summed E-state index contributed by atoms with van der Waals surface area (Å²) < 4.78 is 6.43. The number of fused-ring (bicyclic) bond motifs is 5. The van der Waals surface area contributed by atoms with E-state index < -0.39 is 12.1 Å². The quantitative estimate of drug-likeness (QED) is 0.355. The van der Waals surface area contributed by atoms with Gasteiger partial charge >= 0.3 is 0 Å². The van der Waals surface area contributed by atoms with Gasteiger partial charge in [-0.25, -0.2) is 0 Å². The van der Waals surface area contributed by atoms with Crippen LogP contribution in [0.1, 0.15) is 23.6 Å². The number of piperazine rings is 1. The Labute approximate surface area is 239 Å². The van der Waals surface area contributed by atoms with Crippen LogP contribution < -0.4 is 4.74 Å². The van der Waals surface area contributed by atoms with Crippen molar-refractivity contribution in [1.82, 2.24) is 14.7 Å². The highest BCUT2D eigenvalue weighted by atomic mass is 16.5. The second-order valence-electron chi connectivity index (χ2n) is 11.2. The Hall–Kier alpha value is -4.65. The second kappa shape index (κ2) is 10.4. The lowest BCUT2D eigenvalue weighted by atomic mass is 9.96. The topological polar surface area (TPSA) is 65.5 Å². The average molecular weight is 545 g/mol. The number of carbonyl (C=O) groups is 2. The van der Waals surface area contributed by atoms with Crippen LogP contribution in [-0.4, -0.2) is 64.1 Å². The van der Waals surface area contributed by atoms with Gasteiger partial charge in [-0.05, 0) is 53.3 Å². The van der Waals surface area contributed by atoms with Gasteiger partial charge in [0.15, 0.2) is 0 Å². The molecule has 2 amide bonds. The van der Waals surface area contributed by atoms with Crippen molar-refractivity contribution in [2.45, 2.75) is 44.6 Å². The lowest BCUT2D eigenvalue weighted by molar-refractivity contribution is -0.162. The van der Waals surface area contributed by atoms with Crippen molar-refractivity contribution in [3.05, 3.63) is 108 Å². The van der Waals surface area contributed by atoms with Crippen molar-refractivity contribution in [1.29, 1.82) is 0 Å². The monoisotopic (exact) mass is 544 g/mol. The molecular weight excluding hydrogens is 512 g/mol. The van der Waals surface area contributed by atoms with E-state index in [0.29, 0.717) is 38.3 Å². The highest BCUT2D eigenvalue weighted by Crippen LogP contribution is 2.33. The zero-order valence-corrected chi connectivity index (χ0v) is 23.0. The summed E-state index contributed by atoms with van der Waals surface area (Å²) >= 11 is 0. The molecule has 1 saturated heterocycles. The Morgan fingerprint density at radius 2 is 1.73 bits per heavy atom. The molecule has 4 bridgehead atoms. The number of benzene rings is 4. The summed E-state index contributed by atoms with van der Waals surface area (Å²) in [6.07, 6.45) is 2.29. The normalized spacial score (nSPS) is 22.3. The summed E-state index contributed by atoms with van der Waals surface area (Å²) in [5.41, 5.74) is 3.09. The molecule has 3 aliphatic rings. The molecule has 0 N–H and O–H groups in total. The molecule has 0 aliphatic carbocycles. The van der Waals surface area contributed by atoms with Crippen molar-refractivity contribution in [2.24, 2.45) is 4.99 Å². The van der Waals surface area contributed by atoms with Gasteiger partial charge in [0, 0.05) is 31.4 Å². The molecular formula is C34H32N4O3. The molecule has 1 fully saturated rings. The van der Waals surface area contributed by atoms with E-state index in [9.17, 15) is 9.59 Å². The molecule has 7 heteroatoms. The van der Waals surface area contributed by atoms with E-state index in [0.717, 1.165) is 33.2 Å². The number of nitrogens with zero attached hydrogens (tertiary/aromatic N) is 4. The van der Waals surface area contributed by atoms with Gasteiger partial charge in [-0.2, -0.15) is 0 Å². The first-order chi connectivity index (χ1) is 20.0. The number of carbonyl (C=O) groups excluding carboxylic acids is 2. The summed E-state index contributed by atoms with van der Waals surface area (Å²) in [4.78, 5) is 38.6.